The lowest BCUT2D eigenvalue weighted by Gasteiger charge is -2.36. The number of rotatable bonds is 7. The number of aromatic nitrogens is 2. The van der Waals surface area contributed by atoms with Crippen molar-refractivity contribution in [1.29, 1.82) is 0 Å². The van der Waals surface area contributed by atoms with Gasteiger partial charge < -0.3 is 9.80 Å². The highest BCUT2D eigenvalue weighted by Gasteiger charge is 2.32. The maximum absolute atomic E-state index is 13.5. The molecule has 0 saturated carbocycles. The van der Waals surface area contributed by atoms with Gasteiger partial charge in [0.2, 0.25) is 23.7 Å². The fourth-order valence-corrected chi connectivity index (χ4v) is 4.63. The van der Waals surface area contributed by atoms with E-state index >= 15 is 0 Å². The van der Waals surface area contributed by atoms with Gasteiger partial charge in [0.25, 0.3) is 0 Å². The number of carbonyl (C=O) groups is 3. The molecule has 2 aliphatic heterocycles. The van der Waals surface area contributed by atoms with Gasteiger partial charge >= 0.3 is 0 Å². The van der Waals surface area contributed by atoms with Crippen LogP contribution in [-0.4, -0.2) is 64.7 Å². The summed E-state index contributed by atoms with van der Waals surface area (Å²) in [6.45, 7) is 0.899. The number of benzene rings is 1. The molecule has 180 valence electrons. The Balaban J connectivity index is 1.57. The molecule has 0 bridgehead atoms. The molecule has 2 aromatic rings. The van der Waals surface area contributed by atoms with Crippen molar-refractivity contribution >= 4 is 23.7 Å². The summed E-state index contributed by atoms with van der Waals surface area (Å²) in [4.78, 5) is 51.2. The van der Waals surface area contributed by atoms with Gasteiger partial charge in [0.05, 0.1) is 11.7 Å². The van der Waals surface area contributed by atoms with Crippen molar-refractivity contribution in [3.05, 3.63) is 42.0 Å². The van der Waals surface area contributed by atoms with Crippen LogP contribution >= 0.6 is 0 Å². The molecule has 1 atom stereocenters. The summed E-state index contributed by atoms with van der Waals surface area (Å²) >= 11 is 0. The van der Waals surface area contributed by atoms with E-state index in [9.17, 15) is 18.8 Å². The van der Waals surface area contributed by atoms with E-state index in [1.54, 1.807) is 18.3 Å². The van der Waals surface area contributed by atoms with Crippen molar-refractivity contribution in [3.8, 4) is 11.1 Å². The number of amides is 3. The number of likely N-dealkylation sites (tertiary alicyclic amines) is 2. The molecule has 2 fully saturated rings. The van der Waals surface area contributed by atoms with E-state index in [0.717, 1.165) is 36.1 Å². The molecule has 0 aliphatic carbocycles. The molecule has 8 nitrogen and oxygen atoms in total. The van der Waals surface area contributed by atoms with Crippen LogP contribution in [0.15, 0.2) is 30.5 Å². The molecule has 1 aromatic heterocycles. The summed E-state index contributed by atoms with van der Waals surface area (Å²) in [7, 11) is 3.73. The lowest BCUT2D eigenvalue weighted by atomic mass is 9.93. The Morgan fingerprint density at radius 2 is 1.82 bits per heavy atom. The molecular formula is C25H30FN5O3. The van der Waals surface area contributed by atoms with Crippen LogP contribution in [0.4, 0.5) is 10.3 Å². The van der Waals surface area contributed by atoms with Crippen LogP contribution in [0.3, 0.4) is 0 Å². The Labute approximate surface area is 198 Å². The first-order valence-electron chi connectivity index (χ1n) is 11.8. The molecule has 0 spiro atoms. The van der Waals surface area contributed by atoms with Crippen molar-refractivity contribution in [1.82, 2.24) is 19.8 Å². The molecule has 4 rings (SSSR count). The highest BCUT2D eigenvalue weighted by Crippen LogP contribution is 2.37. The molecule has 34 heavy (non-hydrogen) atoms. The van der Waals surface area contributed by atoms with Crippen molar-refractivity contribution in [3.63, 3.8) is 0 Å². The number of carbonyl (C=O) groups excluding carboxylic acids is 3. The van der Waals surface area contributed by atoms with Crippen LogP contribution in [0, 0.1) is 5.82 Å². The van der Waals surface area contributed by atoms with Crippen LogP contribution in [0.5, 0.6) is 0 Å². The van der Waals surface area contributed by atoms with Crippen LogP contribution in [-0.2, 0) is 14.4 Å². The fraction of sp³-hybridized carbons (Fsp3) is 0.480. The monoisotopic (exact) mass is 467 g/mol. The zero-order chi connectivity index (χ0) is 24.2. The van der Waals surface area contributed by atoms with E-state index in [1.807, 2.05) is 23.9 Å². The Morgan fingerprint density at radius 3 is 2.50 bits per heavy atom. The molecule has 3 amide bonds. The van der Waals surface area contributed by atoms with Gasteiger partial charge in [-0.1, -0.05) is 12.1 Å². The second-order valence-electron chi connectivity index (χ2n) is 9.01. The van der Waals surface area contributed by atoms with Gasteiger partial charge in [0.1, 0.15) is 5.82 Å². The van der Waals surface area contributed by atoms with E-state index < -0.39 is 0 Å². The predicted octanol–water partition coefficient (Wildman–Crippen LogP) is 3.33. The van der Waals surface area contributed by atoms with Crippen molar-refractivity contribution in [2.75, 3.05) is 32.1 Å². The van der Waals surface area contributed by atoms with Crippen molar-refractivity contribution in [2.45, 2.75) is 51.0 Å². The summed E-state index contributed by atoms with van der Waals surface area (Å²) < 4.78 is 13.5. The van der Waals surface area contributed by atoms with Gasteiger partial charge in [-0.25, -0.2) is 14.4 Å². The smallest absolute Gasteiger partial charge is 0.229 e. The molecular weight excluding hydrogens is 437 g/mol. The Hall–Kier alpha value is -3.36. The molecule has 3 heterocycles. The zero-order valence-corrected chi connectivity index (χ0v) is 19.7. The summed E-state index contributed by atoms with van der Waals surface area (Å²) in [6.07, 6.45) is 5.60. The highest BCUT2D eigenvalue weighted by atomic mass is 19.1. The number of anilines is 1. The number of hydrogen-bond acceptors (Lipinski definition) is 6. The van der Waals surface area contributed by atoms with E-state index in [-0.39, 0.29) is 55.4 Å². The average molecular weight is 468 g/mol. The lowest BCUT2D eigenvalue weighted by molar-refractivity contribution is -0.140. The molecule has 0 N–H and O–H groups in total. The Morgan fingerprint density at radius 1 is 1.12 bits per heavy atom. The summed E-state index contributed by atoms with van der Waals surface area (Å²) in [6, 6.07) is 5.99. The van der Waals surface area contributed by atoms with Gasteiger partial charge in [-0.2, -0.15) is 0 Å². The maximum Gasteiger partial charge on any atom is 0.229 e. The van der Waals surface area contributed by atoms with Crippen LogP contribution in [0.2, 0.25) is 0 Å². The van der Waals surface area contributed by atoms with Crippen molar-refractivity contribution in [2.24, 2.45) is 0 Å². The Kier molecular flexibility index (Phi) is 7.19. The first kappa shape index (κ1) is 23.8. The maximum atomic E-state index is 13.5. The normalized spacial score (nSPS) is 18.5. The number of halogens is 1. The number of piperidine rings is 1. The summed E-state index contributed by atoms with van der Waals surface area (Å²) in [5.74, 6) is -0.104. The van der Waals surface area contributed by atoms with Gasteiger partial charge in [-0.05, 0) is 43.4 Å². The number of hydrogen-bond donors (Lipinski definition) is 0. The van der Waals surface area contributed by atoms with Crippen molar-refractivity contribution < 1.29 is 18.8 Å². The third kappa shape index (κ3) is 5.08. The molecule has 0 radical (unpaired) electrons. The summed E-state index contributed by atoms with van der Waals surface area (Å²) in [5, 5.41) is 0. The molecule has 0 unspecified atom stereocenters. The Bertz CT molecular complexity index is 1060. The fourth-order valence-electron chi connectivity index (χ4n) is 4.63. The number of nitrogens with zero attached hydrogens (tertiary/aromatic N) is 5. The minimum atomic E-state index is -0.319. The lowest BCUT2D eigenvalue weighted by Crippen LogP contribution is -2.39. The third-order valence-corrected chi connectivity index (χ3v) is 6.43. The predicted molar refractivity (Wildman–Crippen MR) is 125 cm³/mol. The van der Waals surface area contributed by atoms with Crippen LogP contribution in [0.25, 0.3) is 11.1 Å². The standard InChI is InChI=1S/C25H30FN5O3/c1-29(2)25-27-16-19(17-8-10-18(26)11-9-17)24(28-25)20-6-3-4-14-30(20)21(32)7-5-15-31-22(33)12-13-23(31)34/h8-11,16,20H,3-7,12-15H2,1-2H3/t20-/m0/s1. The third-order valence-electron chi connectivity index (χ3n) is 6.43. The van der Waals surface area contributed by atoms with E-state index in [0.29, 0.717) is 18.9 Å². The SMILES string of the molecule is CN(C)c1ncc(-c2ccc(F)cc2)c([C@@H]2CCCCN2C(=O)CCCN2C(=O)CCC2=O)n1. The van der Waals surface area contributed by atoms with Crippen LogP contribution < -0.4 is 4.90 Å². The molecule has 9 heteroatoms. The van der Waals surface area contributed by atoms with E-state index in [1.165, 1.54) is 17.0 Å². The zero-order valence-electron chi connectivity index (χ0n) is 19.7. The first-order chi connectivity index (χ1) is 16.3. The first-order valence-corrected chi connectivity index (χ1v) is 11.8. The molecule has 1 aromatic carbocycles. The average Bonchev–Trinajstić information content (AvgIpc) is 3.16. The van der Waals surface area contributed by atoms with Gasteiger partial charge in [-0.15, -0.1) is 0 Å². The van der Waals surface area contributed by atoms with Gasteiger partial charge in [-0.3, -0.25) is 19.3 Å². The molecule has 2 aliphatic rings. The summed E-state index contributed by atoms with van der Waals surface area (Å²) in [5.41, 5.74) is 2.33. The van der Waals surface area contributed by atoms with Gasteiger partial charge in [0.15, 0.2) is 0 Å². The minimum absolute atomic E-state index is 0.0149. The topological polar surface area (TPSA) is 86.7 Å². The highest BCUT2D eigenvalue weighted by molar-refractivity contribution is 6.01. The van der Waals surface area contributed by atoms with E-state index in [2.05, 4.69) is 4.98 Å². The van der Waals surface area contributed by atoms with Crippen LogP contribution in [0.1, 0.15) is 56.7 Å². The second kappa shape index (κ2) is 10.3. The van der Waals surface area contributed by atoms with E-state index in [4.69, 9.17) is 4.98 Å². The number of imide groups is 1. The molecule has 2 saturated heterocycles. The second-order valence-corrected chi connectivity index (χ2v) is 9.01. The quantitative estimate of drug-likeness (QED) is 0.581. The minimum Gasteiger partial charge on any atom is -0.347 e. The van der Waals surface area contributed by atoms with Gasteiger partial charge in [0, 0.05) is 58.2 Å². The largest absolute Gasteiger partial charge is 0.347 e.